The van der Waals surface area contributed by atoms with Crippen LogP contribution in [0.1, 0.15) is 31.2 Å². The third-order valence-corrected chi connectivity index (χ3v) is 5.32. The minimum Gasteiger partial charge on any atom is -0.341 e. The van der Waals surface area contributed by atoms with Crippen LogP contribution in [-0.2, 0) is 16.0 Å². The molecule has 2 fully saturated rings. The number of H-pyrrole nitrogens is 1. The molecule has 1 N–H and O–H groups in total. The van der Waals surface area contributed by atoms with Gasteiger partial charge in [0.2, 0.25) is 11.8 Å². The fraction of sp³-hybridized carbons (Fsp3) is 0.722. The Morgan fingerprint density at radius 2 is 1.96 bits per heavy atom. The summed E-state index contributed by atoms with van der Waals surface area (Å²) in [5, 5.41) is 6.68. The van der Waals surface area contributed by atoms with Gasteiger partial charge in [0.25, 0.3) is 0 Å². The summed E-state index contributed by atoms with van der Waals surface area (Å²) in [7, 11) is 2.09. The zero-order chi connectivity index (χ0) is 17.6. The Hall–Kier alpha value is -1.89. The highest BCUT2D eigenvalue weighted by atomic mass is 16.2. The van der Waals surface area contributed by atoms with Crippen LogP contribution in [0, 0.1) is 5.92 Å². The van der Waals surface area contributed by atoms with Crippen LogP contribution in [0.4, 0.5) is 0 Å². The fourth-order valence-electron chi connectivity index (χ4n) is 3.84. The molecule has 3 heterocycles. The second-order valence-electron chi connectivity index (χ2n) is 7.27. The number of piperidine rings is 1. The lowest BCUT2D eigenvalue weighted by Crippen LogP contribution is -2.45. The quantitative estimate of drug-likeness (QED) is 0.872. The Morgan fingerprint density at radius 1 is 1.16 bits per heavy atom. The summed E-state index contributed by atoms with van der Waals surface area (Å²) in [5.74, 6) is 0.578. The molecule has 0 aromatic carbocycles. The highest BCUT2D eigenvalue weighted by molar-refractivity contribution is 5.80. The smallest absolute Gasteiger partial charge is 0.227 e. The topological polar surface area (TPSA) is 72.5 Å². The zero-order valence-corrected chi connectivity index (χ0v) is 15.1. The monoisotopic (exact) mass is 347 g/mol. The van der Waals surface area contributed by atoms with Crippen LogP contribution in [0.2, 0.25) is 0 Å². The molecule has 2 aliphatic heterocycles. The van der Waals surface area contributed by atoms with Gasteiger partial charge in [-0.15, -0.1) is 0 Å². The molecule has 2 aliphatic rings. The number of aryl methyl sites for hydroxylation is 1. The molecule has 3 rings (SSSR count). The second kappa shape index (κ2) is 8.47. The largest absolute Gasteiger partial charge is 0.341 e. The van der Waals surface area contributed by atoms with Gasteiger partial charge in [0.15, 0.2) is 0 Å². The average Bonchev–Trinajstić information content (AvgIpc) is 3.01. The van der Waals surface area contributed by atoms with E-state index in [0.717, 1.165) is 51.0 Å². The average molecular weight is 347 g/mol. The molecule has 0 bridgehead atoms. The van der Waals surface area contributed by atoms with Gasteiger partial charge in [0.1, 0.15) is 0 Å². The SMILES string of the molecule is CN1CCCC(C(=O)N2CCCN(C(=O)CCc3cn[nH]c3)CC2)C1. The predicted octanol–water partition coefficient (Wildman–Crippen LogP) is 0.745. The summed E-state index contributed by atoms with van der Waals surface area (Å²) < 4.78 is 0. The highest BCUT2D eigenvalue weighted by Crippen LogP contribution is 2.19. The molecule has 1 atom stereocenters. The number of aromatic nitrogens is 2. The van der Waals surface area contributed by atoms with Gasteiger partial charge < -0.3 is 14.7 Å². The Balaban J connectivity index is 1.48. The van der Waals surface area contributed by atoms with Crippen molar-refractivity contribution in [3.05, 3.63) is 18.0 Å². The molecule has 25 heavy (non-hydrogen) atoms. The minimum atomic E-state index is 0.127. The standard InChI is InChI=1S/C18H29N5O2/c1-21-7-2-4-16(14-21)18(25)23-9-3-8-22(10-11-23)17(24)6-5-15-12-19-20-13-15/h12-13,16H,2-11,14H2,1H3,(H,19,20). The fourth-order valence-corrected chi connectivity index (χ4v) is 3.84. The molecule has 138 valence electrons. The van der Waals surface area contributed by atoms with Crippen LogP contribution in [0.3, 0.4) is 0 Å². The molecule has 2 saturated heterocycles. The molecule has 0 radical (unpaired) electrons. The number of amides is 2. The molecular weight excluding hydrogens is 318 g/mol. The molecule has 7 heteroatoms. The normalized spacial score (nSPS) is 22.7. The van der Waals surface area contributed by atoms with Gasteiger partial charge in [-0.25, -0.2) is 0 Å². The Bertz CT molecular complexity index is 574. The molecule has 0 aliphatic carbocycles. The molecule has 2 amide bonds. The van der Waals surface area contributed by atoms with E-state index in [4.69, 9.17) is 0 Å². The van der Waals surface area contributed by atoms with Crippen LogP contribution in [0.5, 0.6) is 0 Å². The summed E-state index contributed by atoms with van der Waals surface area (Å²) in [5.41, 5.74) is 1.06. The van der Waals surface area contributed by atoms with E-state index in [1.54, 1.807) is 6.20 Å². The number of likely N-dealkylation sites (tertiary alicyclic amines) is 1. The molecule has 1 aromatic heterocycles. The maximum atomic E-state index is 12.8. The van der Waals surface area contributed by atoms with Gasteiger partial charge in [0, 0.05) is 45.3 Å². The van der Waals surface area contributed by atoms with Crippen molar-refractivity contribution >= 4 is 11.8 Å². The number of hydrogen-bond donors (Lipinski definition) is 1. The van der Waals surface area contributed by atoms with Crippen molar-refractivity contribution < 1.29 is 9.59 Å². The maximum Gasteiger partial charge on any atom is 0.227 e. The van der Waals surface area contributed by atoms with Crippen LogP contribution in [0.15, 0.2) is 12.4 Å². The van der Waals surface area contributed by atoms with Crippen LogP contribution in [0.25, 0.3) is 0 Å². The van der Waals surface area contributed by atoms with Gasteiger partial charge >= 0.3 is 0 Å². The molecule has 7 nitrogen and oxygen atoms in total. The number of aromatic amines is 1. The van der Waals surface area contributed by atoms with Crippen LogP contribution in [-0.4, -0.2) is 83.0 Å². The lowest BCUT2D eigenvalue weighted by atomic mass is 9.97. The Kier molecular flexibility index (Phi) is 6.07. The van der Waals surface area contributed by atoms with Crippen LogP contribution >= 0.6 is 0 Å². The lowest BCUT2D eigenvalue weighted by molar-refractivity contribution is -0.137. The van der Waals surface area contributed by atoms with E-state index in [9.17, 15) is 9.59 Å². The van der Waals surface area contributed by atoms with Gasteiger partial charge in [-0.05, 0) is 44.8 Å². The first kappa shape index (κ1) is 17.9. The number of carbonyl (C=O) groups excluding carboxylic acids is 2. The molecular formula is C18H29N5O2. The highest BCUT2D eigenvalue weighted by Gasteiger charge is 2.29. The van der Waals surface area contributed by atoms with Crippen molar-refractivity contribution in [1.29, 1.82) is 0 Å². The van der Waals surface area contributed by atoms with E-state index in [2.05, 4.69) is 22.1 Å². The van der Waals surface area contributed by atoms with Crippen molar-refractivity contribution in [3.8, 4) is 0 Å². The first-order valence-corrected chi connectivity index (χ1v) is 9.36. The van der Waals surface area contributed by atoms with Gasteiger partial charge in [0.05, 0.1) is 12.1 Å². The summed E-state index contributed by atoms with van der Waals surface area (Å²) in [4.78, 5) is 31.4. The number of rotatable bonds is 4. The third-order valence-electron chi connectivity index (χ3n) is 5.32. The molecule has 1 unspecified atom stereocenters. The Morgan fingerprint density at radius 3 is 2.72 bits per heavy atom. The van der Waals surface area contributed by atoms with Crippen molar-refractivity contribution in [2.75, 3.05) is 46.3 Å². The predicted molar refractivity (Wildman–Crippen MR) is 94.9 cm³/mol. The summed E-state index contributed by atoms with van der Waals surface area (Å²) in [6, 6.07) is 0. The molecule has 1 aromatic rings. The number of nitrogens with zero attached hydrogens (tertiary/aromatic N) is 4. The van der Waals surface area contributed by atoms with Crippen molar-refractivity contribution in [3.63, 3.8) is 0 Å². The second-order valence-corrected chi connectivity index (χ2v) is 7.27. The third kappa shape index (κ3) is 4.81. The summed E-state index contributed by atoms with van der Waals surface area (Å²) in [6.45, 7) is 4.78. The van der Waals surface area contributed by atoms with E-state index in [1.807, 2.05) is 16.0 Å². The first-order valence-electron chi connectivity index (χ1n) is 9.36. The van der Waals surface area contributed by atoms with Gasteiger partial charge in [-0.2, -0.15) is 5.10 Å². The zero-order valence-electron chi connectivity index (χ0n) is 15.1. The maximum absolute atomic E-state index is 12.8. The van der Waals surface area contributed by atoms with Crippen LogP contribution < -0.4 is 0 Å². The minimum absolute atomic E-state index is 0.127. The number of carbonyl (C=O) groups is 2. The van der Waals surface area contributed by atoms with E-state index in [1.165, 1.54) is 0 Å². The van der Waals surface area contributed by atoms with Gasteiger partial charge in [-0.1, -0.05) is 0 Å². The summed E-state index contributed by atoms with van der Waals surface area (Å²) >= 11 is 0. The number of hydrogen-bond acceptors (Lipinski definition) is 4. The van der Waals surface area contributed by atoms with Crippen molar-refractivity contribution in [2.45, 2.75) is 32.1 Å². The van der Waals surface area contributed by atoms with Gasteiger partial charge in [-0.3, -0.25) is 14.7 Å². The summed E-state index contributed by atoms with van der Waals surface area (Å²) in [6.07, 6.45) is 7.76. The Labute approximate surface area is 149 Å². The molecule has 0 spiro atoms. The first-order chi connectivity index (χ1) is 12.1. The van der Waals surface area contributed by atoms with Crippen molar-refractivity contribution in [2.24, 2.45) is 5.92 Å². The van der Waals surface area contributed by atoms with Crippen molar-refractivity contribution in [1.82, 2.24) is 24.9 Å². The van der Waals surface area contributed by atoms with E-state index in [-0.39, 0.29) is 17.7 Å². The van der Waals surface area contributed by atoms with E-state index >= 15 is 0 Å². The van der Waals surface area contributed by atoms with E-state index in [0.29, 0.717) is 25.9 Å². The lowest BCUT2D eigenvalue weighted by Gasteiger charge is -2.32. The molecule has 0 saturated carbocycles. The van der Waals surface area contributed by atoms with E-state index < -0.39 is 0 Å². The number of nitrogens with one attached hydrogen (secondary N) is 1.